The lowest BCUT2D eigenvalue weighted by Gasteiger charge is -2.42. The molecule has 3 rings (SSSR count). The summed E-state index contributed by atoms with van der Waals surface area (Å²) >= 11 is 2.11. The summed E-state index contributed by atoms with van der Waals surface area (Å²) in [5.41, 5.74) is 0.324. The topological polar surface area (TPSA) is 42.9 Å². The molecule has 2 saturated heterocycles. The average Bonchev–Trinajstić information content (AvgIpc) is 3.18. The number of piperidine rings is 1. The van der Waals surface area contributed by atoms with Gasteiger partial charge in [-0.25, -0.2) is 0 Å². The maximum absolute atomic E-state index is 5.12. The Balaban J connectivity index is 1.59. The molecule has 3 fully saturated rings. The highest BCUT2D eigenvalue weighted by Gasteiger charge is 2.40. The van der Waals surface area contributed by atoms with Crippen LogP contribution in [0.5, 0.6) is 0 Å². The van der Waals surface area contributed by atoms with E-state index in [0.29, 0.717) is 17.6 Å². The van der Waals surface area contributed by atoms with Crippen molar-refractivity contribution in [2.75, 3.05) is 50.8 Å². The quantitative estimate of drug-likeness (QED) is 0.535. The first-order valence-corrected chi connectivity index (χ1v) is 12.4. The van der Waals surface area contributed by atoms with Crippen LogP contribution in [0.25, 0.3) is 0 Å². The van der Waals surface area contributed by atoms with Crippen molar-refractivity contribution in [3.63, 3.8) is 0 Å². The number of rotatable bonds is 6. The molecule has 156 valence electrons. The van der Waals surface area contributed by atoms with Crippen LogP contribution in [0.2, 0.25) is 0 Å². The smallest absolute Gasteiger partial charge is 0.191 e. The predicted molar refractivity (Wildman–Crippen MR) is 119 cm³/mol. The largest absolute Gasteiger partial charge is 0.357 e. The second-order valence-electron chi connectivity index (χ2n) is 8.77. The summed E-state index contributed by atoms with van der Waals surface area (Å²) in [6.45, 7) is 13.6. The molecule has 2 aliphatic heterocycles. The number of hydrogen-bond acceptors (Lipinski definition) is 4. The van der Waals surface area contributed by atoms with E-state index >= 15 is 0 Å². The van der Waals surface area contributed by atoms with Gasteiger partial charge in [-0.05, 0) is 46.5 Å². The van der Waals surface area contributed by atoms with Crippen molar-refractivity contribution >= 4 is 17.7 Å². The first-order valence-electron chi connectivity index (χ1n) is 11.2. The molecule has 0 atom stereocenters. The van der Waals surface area contributed by atoms with E-state index in [2.05, 4.69) is 53.0 Å². The van der Waals surface area contributed by atoms with E-state index in [-0.39, 0.29) is 0 Å². The molecule has 0 aromatic heterocycles. The van der Waals surface area contributed by atoms with Crippen LogP contribution in [0.1, 0.15) is 59.3 Å². The van der Waals surface area contributed by atoms with E-state index in [0.717, 1.165) is 19.0 Å². The monoisotopic (exact) mass is 395 g/mol. The van der Waals surface area contributed by atoms with E-state index in [1.165, 1.54) is 76.2 Å². The minimum atomic E-state index is 0.324. The van der Waals surface area contributed by atoms with Gasteiger partial charge < -0.3 is 15.5 Å². The van der Waals surface area contributed by atoms with Crippen LogP contribution in [0.4, 0.5) is 0 Å². The molecule has 0 radical (unpaired) electrons. The number of aliphatic imine (C=N–C) groups is 1. The number of nitrogens with one attached hydrogen (secondary N) is 2. The van der Waals surface area contributed by atoms with Gasteiger partial charge in [-0.3, -0.25) is 9.89 Å². The zero-order valence-electron chi connectivity index (χ0n) is 17.8. The molecule has 1 aliphatic carbocycles. The molecule has 0 amide bonds. The summed E-state index contributed by atoms with van der Waals surface area (Å²) in [6, 6.07) is 1.22. The molecule has 0 bridgehead atoms. The van der Waals surface area contributed by atoms with Gasteiger partial charge in [0.25, 0.3) is 0 Å². The Morgan fingerprint density at radius 1 is 1.11 bits per heavy atom. The summed E-state index contributed by atoms with van der Waals surface area (Å²) in [5, 5.41) is 7.26. The second-order valence-corrected chi connectivity index (χ2v) is 10.00. The molecular formula is C21H41N5S. The second kappa shape index (κ2) is 10.4. The lowest BCUT2D eigenvalue weighted by Crippen LogP contribution is -2.54. The van der Waals surface area contributed by atoms with Crippen LogP contribution >= 0.6 is 11.8 Å². The summed E-state index contributed by atoms with van der Waals surface area (Å²) in [6.07, 6.45) is 7.84. The minimum Gasteiger partial charge on any atom is -0.357 e. The Morgan fingerprint density at radius 2 is 1.78 bits per heavy atom. The van der Waals surface area contributed by atoms with Gasteiger partial charge in [0.15, 0.2) is 5.96 Å². The zero-order valence-corrected chi connectivity index (χ0v) is 18.6. The highest BCUT2D eigenvalue weighted by atomic mass is 32.2. The standard InChI is InChI=1S/C21H41N5S/c1-4-22-20(24-19-7-11-25(12-8-19)18(2)3)23-17-21(9-5-6-10-21)26-13-15-27-16-14-26/h18-19H,4-17H2,1-3H3,(H2,22,23,24). The van der Waals surface area contributed by atoms with Crippen molar-refractivity contribution in [3.8, 4) is 0 Å². The van der Waals surface area contributed by atoms with Crippen LogP contribution in [-0.4, -0.2) is 84.2 Å². The Labute approximate surface area is 171 Å². The summed E-state index contributed by atoms with van der Waals surface area (Å²) in [4.78, 5) is 10.5. The van der Waals surface area contributed by atoms with E-state index in [4.69, 9.17) is 4.99 Å². The van der Waals surface area contributed by atoms with E-state index in [1.807, 2.05) is 0 Å². The third kappa shape index (κ3) is 5.77. The fourth-order valence-corrected chi connectivity index (χ4v) is 5.85. The molecule has 3 aliphatic rings. The molecule has 1 saturated carbocycles. The van der Waals surface area contributed by atoms with Crippen LogP contribution in [0.3, 0.4) is 0 Å². The van der Waals surface area contributed by atoms with Gasteiger partial charge in [0.05, 0.1) is 6.54 Å². The Hall–Kier alpha value is -0.460. The van der Waals surface area contributed by atoms with Crippen molar-refractivity contribution < 1.29 is 0 Å². The molecule has 0 spiro atoms. The summed E-state index contributed by atoms with van der Waals surface area (Å²) in [7, 11) is 0. The van der Waals surface area contributed by atoms with E-state index in [1.54, 1.807) is 0 Å². The number of hydrogen-bond donors (Lipinski definition) is 2. The normalized spacial score (nSPS) is 25.9. The van der Waals surface area contributed by atoms with Crippen molar-refractivity contribution in [2.24, 2.45) is 4.99 Å². The van der Waals surface area contributed by atoms with Crippen molar-refractivity contribution in [2.45, 2.75) is 76.9 Å². The Bertz CT molecular complexity index is 461. The third-order valence-corrected chi connectivity index (χ3v) is 7.64. The maximum Gasteiger partial charge on any atom is 0.191 e. The SMILES string of the molecule is CCNC(=NCC1(N2CCSCC2)CCCC1)NC1CCN(C(C)C)CC1. The number of thioether (sulfide) groups is 1. The van der Waals surface area contributed by atoms with Gasteiger partial charge >= 0.3 is 0 Å². The van der Waals surface area contributed by atoms with E-state index < -0.39 is 0 Å². The summed E-state index contributed by atoms with van der Waals surface area (Å²) in [5.74, 6) is 3.62. The van der Waals surface area contributed by atoms with Crippen LogP contribution in [0.15, 0.2) is 4.99 Å². The Morgan fingerprint density at radius 3 is 2.37 bits per heavy atom. The average molecular weight is 396 g/mol. The first-order chi connectivity index (χ1) is 13.1. The summed E-state index contributed by atoms with van der Waals surface area (Å²) < 4.78 is 0. The van der Waals surface area contributed by atoms with Crippen LogP contribution < -0.4 is 10.6 Å². The number of likely N-dealkylation sites (tertiary alicyclic amines) is 1. The van der Waals surface area contributed by atoms with Gasteiger partial charge in [0.2, 0.25) is 0 Å². The molecular weight excluding hydrogens is 354 g/mol. The fraction of sp³-hybridized carbons (Fsp3) is 0.952. The number of guanidine groups is 1. The molecule has 5 nitrogen and oxygen atoms in total. The molecule has 2 heterocycles. The molecule has 2 N–H and O–H groups in total. The van der Waals surface area contributed by atoms with Gasteiger partial charge in [-0.15, -0.1) is 0 Å². The molecule has 6 heteroatoms. The van der Waals surface area contributed by atoms with Gasteiger partial charge in [-0.1, -0.05) is 12.8 Å². The lowest BCUT2D eigenvalue weighted by atomic mass is 9.95. The molecule has 0 unspecified atom stereocenters. The minimum absolute atomic E-state index is 0.324. The van der Waals surface area contributed by atoms with Gasteiger partial charge in [-0.2, -0.15) is 11.8 Å². The van der Waals surface area contributed by atoms with Crippen molar-refractivity contribution in [1.82, 2.24) is 20.4 Å². The molecule has 0 aromatic rings. The van der Waals surface area contributed by atoms with Crippen molar-refractivity contribution in [1.29, 1.82) is 0 Å². The van der Waals surface area contributed by atoms with Gasteiger partial charge in [0, 0.05) is 61.9 Å². The lowest BCUT2D eigenvalue weighted by molar-refractivity contribution is 0.112. The van der Waals surface area contributed by atoms with Crippen LogP contribution in [0, 0.1) is 0 Å². The van der Waals surface area contributed by atoms with Crippen molar-refractivity contribution in [3.05, 3.63) is 0 Å². The number of nitrogens with zero attached hydrogens (tertiary/aromatic N) is 3. The first kappa shape index (κ1) is 21.3. The molecule has 0 aromatic carbocycles. The fourth-order valence-electron chi connectivity index (χ4n) is 4.94. The van der Waals surface area contributed by atoms with Crippen LogP contribution in [-0.2, 0) is 0 Å². The van der Waals surface area contributed by atoms with E-state index in [9.17, 15) is 0 Å². The zero-order chi connectivity index (χ0) is 19.1. The highest BCUT2D eigenvalue weighted by molar-refractivity contribution is 7.99. The highest BCUT2D eigenvalue weighted by Crippen LogP contribution is 2.37. The van der Waals surface area contributed by atoms with Gasteiger partial charge in [0.1, 0.15) is 0 Å². The molecule has 27 heavy (non-hydrogen) atoms. The maximum atomic E-state index is 5.12. The predicted octanol–water partition coefficient (Wildman–Crippen LogP) is 2.78. The third-order valence-electron chi connectivity index (χ3n) is 6.69. The Kier molecular flexibility index (Phi) is 8.15.